The molecular weight excluding hydrogens is 260 g/mol. The van der Waals surface area contributed by atoms with Crippen LogP contribution in [0.1, 0.15) is 28.9 Å². The average Bonchev–Trinajstić information content (AvgIpc) is 2.88. The second-order valence-electron chi connectivity index (χ2n) is 3.62. The Hall–Kier alpha value is -1.14. The zero-order chi connectivity index (χ0) is 12.3. The third-order valence-electron chi connectivity index (χ3n) is 2.06. The second kappa shape index (κ2) is 5.46. The highest BCUT2D eigenvalue weighted by Gasteiger charge is 2.10. The number of nitrogens with zero attached hydrogens (tertiary/aromatic N) is 3. The van der Waals surface area contributed by atoms with Crippen molar-refractivity contribution in [3.63, 3.8) is 0 Å². The highest BCUT2D eigenvalue weighted by molar-refractivity contribution is 7.09. The fourth-order valence-electron chi connectivity index (χ4n) is 1.26. The van der Waals surface area contributed by atoms with E-state index in [1.165, 1.54) is 0 Å². The first kappa shape index (κ1) is 12.3. The minimum atomic E-state index is -0.264. The smallest absolute Gasteiger partial charge is 0.315 e. The Balaban J connectivity index is 1.81. The molecule has 0 aromatic carbocycles. The van der Waals surface area contributed by atoms with Crippen molar-refractivity contribution < 1.29 is 4.42 Å². The van der Waals surface area contributed by atoms with E-state index < -0.39 is 0 Å². The summed E-state index contributed by atoms with van der Waals surface area (Å²) < 4.78 is 5.31. The van der Waals surface area contributed by atoms with E-state index in [1.54, 1.807) is 18.3 Å². The molecule has 7 heteroatoms. The Kier molecular flexibility index (Phi) is 3.96. The van der Waals surface area contributed by atoms with Crippen molar-refractivity contribution in [1.82, 2.24) is 15.2 Å². The predicted octanol–water partition coefficient (Wildman–Crippen LogP) is 2.79. The molecule has 0 saturated carbocycles. The van der Waals surface area contributed by atoms with Gasteiger partial charge in [-0.05, 0) is 13.8 Å². The fraction of sp³-hybridized carbons (Fsp3) is 0.500. The molecule has 1 atom stereocenters. The van der Waals surface area contributed by atoms with Crippen LogP contribution in [0.15, 0.2) is 9.80 Å². The summed E-state index contributed by atoms with van der Waals surface area (Å²) in [6, 6.07) is 0.403. The first-order chi connectivity index (χ1) is 8.15. The third kappa shape index (κ3) is 3.41. The number of halogens is 1. The third-order valence-corrected chi connectivity index (χ3v) is 3.28. The molecule has 92 valence electrons. The maximum absolute atomic E-state index is 5.82. The molecular formula is C10H13ClN4OS. The molecule has 0 fully saturated rings. The van der Waals surface area contributed by atoms with Crippen LogP contribution in [0.5, 0.6) is 0 Å². The molecule has 0 aliphatic heterocycles. The number of rotatable bonds is 5. The molecule has 5 nitrogen and oxygen atoms in total. The fourth-order valence-corrected chi connectivity index (χ4v) is 2.12. The lowest BCUT2D eigenvalue weighted by Crippen LogP contribution is -2.04. The Labute approximate surface area is 108 Å². The maximum Gasteiger partial charge on any atom is 0.315 e. The number of thiazole rings is 1. The molecule has 1 N–H and O–H groups in total. The number of aryl methyl sites for hydroxylation is 1. The standard InChI is InChI=1S/C10H13ClN4OS/c1-6-5-17-8(13-6)3-4-12-10-15-14-9(16-10)7(2)11/h5,7H,3-4H2,1-2H3,(H,12,15). The van der Waals surface area contributed by atoms with Crippen molar-refractivity contribution in [2.75, 3.05) is 11.9 Å². The van der Waals surface area contributed by atoms with E-state index in [4.69, 9.17) is 16.0 Å². The number of alkyl halides is 1. The van der Waals surface area contributed by atoms with Crippen LogP contribution in [0, 0.1) is 6.92 Å². The Morgan fingerprint density at radius 2 is 2.35 bits per heavy atom. The first-order valence-corrected chi connectivity index (χ1v) is 6.59. The van der Waals surface area contributed by atoms with Gasteiger partial charge in [-0.15, -0.1) is 28.0 Å². The first-order valence-electron chi connectivity index (χ1n) is 5.27. The minimum Gasteiger partial charge on any atom is -0.407 e. The van der Waals surface area contributed by atoms with Gasteiger partial charge in [0, 0.05) is 24.0 Å². The topological polar surface area (TPSA) is 63.8 Å². The van der Waals surface area contributed by atoms with Gasteiger partial charge in [0.25, 0.3) is 0 Å². The van der Waals surface area contributed by atoms with E-state index in [0.29, 0.717) is 18.5 Å². The van der Waals surface area contributed by atoms with Crippen molar-refractivity contribution in [3.8, 4) is 0 Å². The summed E-state index contributed by atoms with van der Waals surface area (Å²) >= 11 is 7.47. The van der Waals surface area contributed by atoms with Gasteiger partial charge in [0.1, 0.15) is 5.38 Å². The van der Waals surface area contributed by atoms with Gasteiger partial charge in [-0.3, -0.25) is 0 Å². The van der Waals surface area contributed by atoms with Gasteiger partial charge in [-0.1, -0.05) is 5.10 Å². The SMILES string of the molecule is Cc1csc(CCNc2nnc(C(C)Cl)o2)n1. The molecule has 0 aliphatic rings. The monoisotopic (exact) mass is 272 g/mol. The number of anilines is 1. The van der Waals surface area contributed by atoms with Crippen molar-refractivity contribution in [2.24, 2.45) is 0 Å². The maximum atomic E-state index is 5.82. The summed E-state index contributed by atoms with van der Waals surface area (Å²) in [4.78, 5) is 4.37. The van der Waals surface area contributed by atoms with Gasteiger partial charge in [-0.2, -0.15) is 0 Å². The quantitative estimate of drug-likeness (QED) is 0.848. The molecule has 0 aliphatic carbocycles. The zero-order valence-corrected chi connectivity index (χ0v) is 11.2. The highest BCUT2D eigenvalue weighted by atomic mass is 35.5. The lowest BCUT2D eigenvalue weighted by Gasteiger charge is -1.98. The van der Waals surface area contributed by atoms with Crippen LogP contribution in [0.25, 0.3) is 0 Å². The summed E-state index contributed by atoms with van der Waals surface area (Å²) in [5.74, 6) is 0.430. The van der Waals surface area contributed by atoms with E-state index in [-0.39, 0.29) is 5.38 Å². The highest BCUT2D eigenvalue weighted by Crippen LogP contribution is 2.19. The molecule has 2 aromatic rings. The van der Waals surface area contributed by atoms with E-state index in [1.807, 2.05) is 12.3 Å². The molecule has 17 heavy (non-hydrogen) atoms. The number of hydrogen-bond acceptors (Lipinski definition) is 6. The zero-order valence-electron chi connectivity index (χ0n) is 9.61. The summed E-state index contributed by atoms with van der Waals surface area (Å²) in [7, 11) is 0. The van der Waals surface area contributed by atoms with Crippen LogP contribution in [0.2, 0.25) is 0 Å². The number of aromatic nitrogens is 3. The van der Waals surface area contributed by atoms with Gasteiger partial charge in [-0.25, -0.2) is 4.98 Å². The Morgan fingerprint density at radius 3 is 2.94 bits per heavy atom. The Morgan fingerprint density at radius 1 is 1.53 bits per heavy atom. The molecule has 1 unspecified atom stereocenters. The average molecular weight is 273 g/mol. The molecule has 0 spiro atoms. The largest absolute Gasteiger partial charge is 0.407 e. The molecule has 2 aromatic heterocycles. The normalized spacial score (nSPS) is 12.6. The van der Waals surface area contributed by atoms with Crippen LogP contribution < -0.4 is 5.32 Å². The van der Waals surface area contributed by atoms with Crippen LogP contribution in [0.3, 0.4) is 0 Å². The second-order valence-corrected chi connectivity index (χ2v) is 5.22. The lowest BCUT2D eigenvalue weighted by atomic mass is 10.4. The van der Waals surface area contributed by atoms with Gasteiger partial charge < -0.3 is 9.73 Å². The molecule has 0 radical (unpaired) electrons. The minimum absolute atomic E-state index is 0.264. The molecule has 0 amide bonds. The predicted molar refractivity (Wildman–Crippen MR) is 67.6 cm³/mol. The lowest BCUT2D eigenvalue weighted by molar-refractivity contribution is 0.506. The van der Waals surface area contributed by atoms with Crippen LogP contribution >= 0.6 is 22.9 Å². The van der Waals surface area contributed by atoms with E-state index in [2.05, 4.69) is 20.5 Å². The van der Waals surface area contributed by atoms with Crippen molar-refractivity contribution in [2.45, 2.75) is 25.6 Å². The van der Waals surface area contributed by atoms with Crippen molar-refractivity contribution >= 4 is 29.0 Å². The van der Waals surface area contributed by atoms with Crippen molar-refractivity contribution in [1.29, 1.82) is 0 Å². The van der Waals surface area contributed by atoms with Crippen LogP contribution in [0.4, 0.5) is 6.01 Å². The Bertz CT molecular complexity index is 482. The molecule has 0 saturated heterocycles. The van der Waals surface area contributed by atoms with E-state index in [0.717, 1.165) is 17.1 Å². The molecule has 0 bridgehead atoms. The van der Waals surface area contributed by atoms with Gasteiger partial charge in [0.15, 0.2) is 0 Å². The van der Waals surface area contributed by atoms with E-state index >= 15 is 0 Å². The van der Waals surface area contributed by atoms with Crippen LogP contribution in [-0.4, -0.2) is 21.7 Å². The van der Waals surface area contributed by atoms with Gasteiger partial charge in [0.2, 0.25) is 5.89 Å². The molecule has 2 heterocycles. The summed E-state index contributed by atoms with van der Waals surface area (Å²) in [6.07, 6.45) is 0.840. The summed E-state index contributed by atoms with van der Waals surface area (Å²) in [5, 5.41) is 13.6. The number of hydrogen-bond donors (Lipinski definition) is 1. The van der Waals surface area contributed by atoms with Gasteiger partial charge in [0.05, 0.1) is 5.01 Å². The molecule has 2 rings (SSSR count). The van der Waals surface area contributed by atoms with Crippen LogP contribution in [-0.2, 0) is 6.42 Å². The summed E-state index contributed by atoms with van der Waals surface area (Å²) in [6.45, 7) is 4.49. The summed E-state index contributed by atoms with van der Waals surface area (Å²) in [5.41, 5.74) is 1.06. The number of nitrogens with one attached hydrogen (secondary N) is 1. The van der Waals surface area contributed by atoms with Crippen molar-refractivity contribution in [3.05, 3.63) is 22.0 Å². The van der Waals surface area contributed by atoms with E-state index in [9.17, 15) is 0 Å². The van der Waals surface area contributed by atoms with Gasteiger partial charge >= 0.3 is 6.01 Å².